The molecule has 0 heterocycles. The SMILES string of the molecule is CC12CCC(=O)C=C1CCC1C2CCC2(C)C(CC=O)CCC12. The molecular weight excluding hydrogens is 284 g/mol. The zero-order valence-corrected chi connectivity index (χ0v) is 14.6. The average Bonchev–Trinajstić information content (AvgIpc) is 2.85. The van der Waals surface area contributed by atoms with E-state index in [1.165, 1.54) is 37.7 Å². The van der Waals surface area contributed by atoms with Crippen LogP contribution in [0.5, 0.6) is 0 Å². The number of ketones is 1. The van der Waals surface area contributed by atoms with Crippen molar-refractivity contribution < 1.29 is 9.59 Å². The number of allylic oxidation sites excluding steroid dienone is 1. The Kier molecular flexibility index (Phi) is 3.59. The van der Waals surface area contributed by atoms with Gasteiger partial charge >= 0.3 is 0 Å². The van der Waals surface area contributed by atoms with Crippen LogP contribution < -0.4 is 0 Å². The monoisotopic (exact) mass is 314 g/mol. The molecule has 0 aromatic heterocycles. The molecule has 6 atom stereocenters. The van der Waals surface area contributed by atoms with Crippen LogP contribution in [-0.4, -0.2) is 12.1 Å². The number of aldehydes is 1. The van der Waals surface area contributed by atoms with Crippen LogP contribution in [0.4, 0.5) is 0 Å². The van der Waals surface area contributed by atoms with E-state index in [-0.39, 0.29) is 5.41 Å². The summed E-state index contributed by atoms with van der Waals surface area (Å²) >= 11 is 0. The maximum Gasteiger partial charge on any atom is 0.155 e. The van der Waals surface area contributed by atoms with Crippen molar-refractivity contribution in [3.8, 4) is 0 Å². The van der Waals surface area contributed by atoms with Gasteiger partial charge in [0.15, 0.2) is 5.78 Å². The molecule has 4 aliphatic carbocycles. The molecule has 0 aromatic rings. The molecule has 0 bridgehead atoms. The summed E-state index contributed by atoms with van der Waals surface area (Å²) in [4.78, 5) is 22.9. The van der Waals surface area contributed by atoms with Crippen molar-refractivity contribution in [2.24, 2.45) is 34.5 Å². The second-order valence-corrected chi connectivity index (χ2v) is 9.19. The molecule has 6 unspecified atom stereocenters. The van der Waals surface area contributed by atoms with E-state index in [0.29, 0.717) is 17.1 Å². The van der Waals surface area contributed by atoms with Crippen molar-refractivity contribution in [2.75, 3.05) is 0 Å². The van der Waals surface area contributed by atoms with E-state index >= 15 is 0 Å². The lowest BCUT2D eigenvalue weighted by molar-refractivity contribution is -0.117. The lowest BCUT2D eigenvalue weighted by Crippen LogP contribution is -2.50. The molecule has 23 heavy (non-hydrogen) atoms. The van der Waals surface area contributed by atoms with E-state index in [4.69, 9.17) is 0 Å². The predicted octanol–water partition coefficient (Wildman–Crippen LogP) is 4.72. The number of hydrogen-bond donors (Lipinski definition) is 0. The summed E-state index contributed by atoms with van der Waals surface area (Å²) in [7, 11) is 0. The van der Waals surface area contributed by atoms with Crippen LogP contribution in [-0.2, 0) is 9.59 Å². The van der Waals surface area contributed by atoms with E-state index in [1.54, 1.807) is 0 Å². The molecular formula is C21H30O2. The molecule has 0 saturated heterocycles. The second kappa shape index (κ2) is 5.29. The highest BCUT2D eigenvalue weighted by Gasteiger charge is 2.58. The van der Waals surface area contributed by atoms with Gasteiger partial charge in [0.2, 0.25) is 0 Å². The number of carbonyl (C=O) groups excluding carboxylic acids is 2. The smallest absolute Gasteiger partial charge is 0.155 e. The van der Waals surface area contributed by atoms with E-state index in [1.807, 2.05) is 6.08 Å². The summed E-state index contributed by atoms with van der Waals surface area (Å²) in [5.41, 5.74) is 2.13. The molecule has 2 nitrogen and oxygen atoms in total. The Morgan fingerprint density at radius 1 is 1.09 bits per heavy atom. The highest BCUT2D eigenvalue weighted by molar-refractivity contribution is 5.91. The predicted molar refractivity (Wildman–Crippen MR) is 90.9 cm³/mol. The van der Waals surface area contributed by atoms with Crippen molar-refractivity contribution in [1.82, 2.24) is 0 Å². The average molecular weight is 314 g/mol. The van der Waals surface area contributed by atoms with Gasteiger partial charge in [-0.25, -0.2) is 0 Å². The molecule has 3 fully saturated rings. The molecule has 2 heteroatoms. The first kappa shape index (κ1) is 15.6. The zero-order chi connectivity index (χ0) is 16.2. The Balaban J connectivity index is 1.64. The maximum atomic E-state index is 11.9. The van der Waals surface area contributed by atoms with Gasteiger partial charge in [0.1, 0.15) is 6.29 Å². The fraction of sp³-hybridized carbons (Fsp3) is 0.810. The van der Waals surface area contributed by atoms with Crippen LogP contribution >= 0.6 is 0 Å². The first-order valence-corrected chi connectivity index (χ1v) is 9.66. The summed E-state index contributed by atoms with van der Waals surface area (Å²) < 4.78 is 0. The Morgan fingerprint density at radius 2 is 1.91 bits per heavy atom. The maximum absolute atomic E-state index is 11.9. The van der Waals surface area contributed by atoms with Gasteiger partial charge in [-0.15, -0.1) is 0 Å². The summed E-state index contributed by atoms with van der Waals surface area (Å²) in [5.74, 6) is 3.36. The third-order valence-corrected chi connectivity index (χ3v) is 8.54. The Bertz CT molecular complexity index is 562. The first-order valence-electron chi connectivity index (χ1n) is 9.66. The fourth-order valence-corrected chi connectivity index (χ4v) is 7.17. The van der Waals surface area contributed by atoms with Gasteiger partial charge in [0.05, 0.1) is 0 Å². The molecule has 4 aliphatic rings. The van der Waals surface area contributed by atoms with Crippen LogP contribution in [0.2, 0.25) is 0 Å². The van der Waals surface area contributed by atoms with Gasteiger partial charge in [-0.2, -0.15) is 0 Å². The molecule has 0 aliphatic heterocycles. The first-order chi connectivity index (χ1) is 11.0. The van der Waals surface area contributed by atoms with Crippen molar-refractivity contribution in [3.05, 3.63) is 11.6 Å². The molecule has 3 saturated carbocycles. The summed E-state index contributed by atoms with van der Waals surface area (Å²) in [6.07, 6.45) is 13.3. The summed E-state index contributed by atoms with van der Waals surface area (Å²) in [5, 5.41) is 0. The largest absolute Gasteiger partial charge is 0.303 e. The minimum atomic E-state index is 0.279. The van der Waals surface area contributed by atoms with E-state index in [0.717, 1.165) is 49.7 Å². The summed E-state index contributed by atoms with van der Waals surface area (Å²) in [6, 6.07) is 0. The summed E-state index contributed by atoms with van der Waals surface area (Å²) in [6.45, 7) is 4.93. The molecule has 0 amide bonds. The number of hydrogen-bond acceptors (Lipinski definition) is 2. The molecule has 0 N–H and O–H groups in total. The van der Waals surface area contributed by atoms with E-state index in [9.17, 15) is 9.59 Å². The molecule has 126 valence electrons. The van der Waals surface area contributed by atoms with Gasteiger partial charge in [-0.05, 0) is 85.5 Å². The van der Waals surface area contributed by atoms with Crippen molar-refractivity contribution in [3.63, 3.8) is 0 Å². The minimum Gasteiger partial charge on any atom is -0.303 e. The van der Waals surface area contributed by atoms with Gasteiger partial charge in [0, 0.05) is 12.8 Å². The van der Waals surface area contributed by atoms with Crippen LogP contribution in [0.15, 0.2) is 11.6 Å². The quantitative estimate of drug-likeness (QED) is 0.691. The van der Waals surface area contributed by atoms with Crippen LogP contribution in [0.3, 0.4) is 0 Å². The van der Waals surface area contributed by atoms with Gasteiger partial charge in [0.25, 0.3) is 0 Å². The molecule has 4 rings (SSSR count). The van der Waals surface area contributed by atoms with Gasteiger partial charge in [-0.3, -0.25) is 4.79 Å². The normalized spacial score (nSPS) is 49.0. The highest BCUT2D eigenvalue weighted by atomic mass is 16.1. The van der Waals surface area contributed by atoms with Gasteiger partial charge in [-0.1, -0.05) is 19.4 Å². The van der Waals surface area contributed by atoms with Crippen LogP contribution in [0.25, 0.3) is 0 Å². The Morgan fingerprint density at radius 3 is 2.70 bits per heavy atom. The van der Waals surface area contributed by atoms with Crippen molar-refractivity contribution in [1.29, 1.82) is 0 Å². The number of fused-ring (bicyclic) bond motifs is 5. The van der Waals surface area contributed by atoms with Crippen molar-refractivity contribution >= 4 is 12.1 Å². The Hall–Kier alpha value is -0.920. The standard InChI is InChI=1S/C21H30O2/c1-20-11-8-19-17(18(20)6-4-14(20)9-12-22)5-3-15-13-16(23)7-10-21(15,19)2/h12-14,17-19H,3-11H2,1-2H3. The highest BCUT2D eigenvalue weighted by Crippen LogP contribution is 2.66. The van der Waals surface area contributed by atoms with Gasteiger partial charge < -0.3 is 4.79 Å². The third kappa shape index (κ3) is 2.13. The van der Waals surface area contributed by atoms with E-state index < -0.39 is 0 Å². The second-order valence-electron chi connectivity index (χ2n) is 9.19. The zero-order valence-electron chi connectivity index (χ0n) is 14.6. The lowest BCUT2D eigenvalue weighted by atomic mass is 9.47. The fourth-order valence-electron chi connectivity index (χ4n) is 7.17. The van der Waals surface area contributed by atoms with Crippen molar-refractivity contribution in [2.45, 2.75) is 71.6 Å². The third-order valence-electron chi connectivity index (χ3n) is 8.54. The molecule has 0 spiro atoms. The lowest BCUT2D eigenvalue weighted by Gasteiger charge is -2.58. The molecule has 0 aromatic carbocycles. The van der Waals surface area contributed by atoms with E-state index in [2.05, 4.69) is 13.8 Å². The molecule has 0 radical (unpaired) electrons. The topological polar surface area (TPSA) is 34.1 Å². The number of rotatable bonds is 2. The minimum absolute atomic E-state index is 0.279. The Labute approximate surface area is 140 Å². The van der Waals surface area contributed by atoms with Crippen LogP contribution in [0, 0.1) is 34.5 Å². The van der Waals surface area contributed by atoms with Crippen LogP contribution in [0.1, 0.15) is 71.6 Å². The number of carbonyl (C=O) groups is 2.